The summed E-state index contributed by atoms with van der Waals surface area (Å²) in [5, 5.41) is 13.0. The van der Waals surface area contributed by atoms with Crippen LogP contribution in [0, 0.1) is 0 Å². The van der Waals surface area contributed by atoms with Gasteiger partial charge in [-0.05, 0) is 38.6 Å². The van der Waals surface area contributed by atoms with Crippen LogP contribution in [0.15, 0.2) is 0 Å². The molecule has 2 aliphatic heterocycles. The van der Waals surface area contributed by atoms with E-state index in [9.17, 15) is 9.90 Å². The maximum absolute atomic E-state index is 13.0. The van der Waals surface area contributed by atoms with Gasteiger partial charge in [0, 0.05) is 6.54 Å². The highest BCUT2D eigenvalue weighted by Crippen LogP contribution is 2.29. The van der Waals surface area contributed by atoms with Gasteiger partial charge in [0.25, 0.3) is 0 Å². The molecule has 0 aromatic rings. The van der Waals surface area contributed by atoms with Gasteiger partial charge < -0.3 is 15.3 Å². The number of nitrogens with one attached hydrogen (secondary N) is 1. The molecule has 0 radical (unpaired) electrons. The van der Waals surface area contributed by atoms with Crippen molar-refractivity contribution in [2.24, 2.45) is 0 Å². The Balaban J connectivity index is 2.14. The Kier molecular flexibility index (Phi) is 5.22. The monoisotopic (exact) mass is 268 g/mol. The summed E-state index contributed by atoms with van der Waals surface area (Å²) in [4.78, 5) is 15.0. The van der Waals surface area contributed by atoms with Crippen molar-refractivity contribution in [2.45, 2.75) is 69.9 Å². The van der Waals surface area contributed by atoms with E-state index in [1.54, 1.807) is 0 Å². The minimum Gasteiger partial charge on any atom is -0.394 e. The Labute approximate surface area is 116 Å². The first-order valence-electron chi connectivity index (χ1n) is 7.90. The molecule has 2 unspecified atom stereocenters. The van der Waals surface area contributed by atoms with Crippen LogP contribution in [0.5, 0.6) is 0 Å². The zero-order valence-corrected chi connectivity index (χ0v) is 12.2. The van der Waals surface area contributed by atoms with Gasteiger partial charge in [0.1, 0.15) is 0 Å². The van der Waals surface area contributed by atoms with Crippen LogP contribution in [0.3, 0.4) is 0 Å². The number of aliphatic hydroxyl groups excluding tert-OH is 1. The Morgan fingerprint density at radius 1 is 1.37 bits per heavy atom. The van der Waals surface area contributed by atoms with E-state index < -0.39 is 0 Å². The fraction of sp³-hybridized carbons (Fsp3) is 0.933. The molecular formula is C15H28N2O2. The van der Waals surface area contributed by atoms with Crippen LogP contribution < -0.4 is 5.32 Å². The Hall–Kier alpha value is -0.610. The SMILES string of the molecule is CCCC1(C(=O)N2CCCCCC2CO)CCCN1. The average Bonchev–Trinajstić information content (AvgIpc) is 2.76. The van der Waals surface area contributed by atoms with E-state index in [2.05, 4.69) is 12.2 Å². The van der Waals surface area contributed by atoms with E-state index in [0.717, 1.165) is 58.0 Å². The van der Waals surface area contributed by atoms with Crippen molar-refractivity contribution < 1.29 is 9.90 Å². The summed E-state index contributed by atoms with van der Waals surface area (Å²) < 4.78 is 0. The van der Waals surface area contributed by atoms with Crippen molar-refractivity contribution in [1.29, 1.82) is 0 Å². The van der Waals surface area contributed by atoms with Crippen LogP contribution in [-0.2, 0) is 4.79 Å². The Bertz CT molecular complexity index is 301. The molecule has 0 saturated carbocycles. The molecule has 2 N–H and O–H groups in total. The topological polar surface area (TPSA) is 52.6 Å². The maximum atomic E-state index is 13.0. The van der Waals surface area contributed by atoms with E-state index in [1.165, 1.54) is 6.42 Å². The van der Waals surface area contributed by atoms with Gasteiger partial charge in [-0.2, -0.15) is 0 Å². The number of rotatable bonds is 4. The Morgan fingerprint density at radius 2 is 2.21 bits per heavy atom. The van der Waals surface area contributed by atoms with Gasteiger partial charge in [-0.3, -0.25) is 4.79 Å². The molecule has 0 aliphatic carbocycles. The first-order valence-corrected chi connectivity index (χ1v) is 7.90. The summed E-state index contributed by atoms with van der Waals surface area (Å²) in [6.07, 6.45) is 8.31. The molecule has 4 nitrogen and oxygen atoms in total. The highest BCUT2D eigenvalue weighted by Gasteiger charge is 2.44. The molecule has 0 bridgehead atoms. The first-order chi connectivity index (χ1) is 9.23. The van der Waals surface area contributed by atoms with Crippen LogP contribution in [0.25, 0.3) is 0 Å². The molecule has 0 aromatic carbocycles. The molecule has 19 heavy (non-hydrogen) atoms. The van der Waals surface area contributed by atoms with Crippen molar-refractivity contribution in [3.8, 4) is 0 Å². The summed E-state index contributed by atoms with van der Waals surface area (Å²) in [7, 11) is 0. The lowest BCUT2D eigenvalue weighted by molar-refractivity contribution is -0.141. The molecule has 0 spiro atoms. The molecule has 2 aliphatic rings. The number of hydrogen-bond donors (Lipinski definition) is 2. The predicted octanol–water partition coefficient (Wildman–Crippen LogP) is 1.67. The van der Waals surface area contributed by atoms with Crippen molar-refractivity contribution >= 4 is 5.91 Å². The third-order valence-electron chi connectivity index (χ3n) is 4.68. The highest BCUT2D eigenvalue weighted by molar-refractivity contribution is 5.87. The number of amides is 1. The summed E-state index contributed by atoms with van der Waals surface area (Å²) in [5.74, 6) is 0.243. The fourth-order valence-corrected chi connectivity index (χ4v) is 3.65. The number of carbonyl (C=O) groups is 1. The van der Waals surface area contributed by atoms with E-state index in [0.29, 0.717) is 0 Å². The van der Waals surface area contributed by atoms with Gasteiger partial charge in [0.05, 0.1) is 18.2 Å². The van der Waals surface area contributed by atoms with Gasteiger partial charge in [-0.25, -0.2) is 0 Å². The molecule has 2 fully saturated rings. The number of nitrogens with zero attached hydrogens (tertiary/aromatic N) is 1. The molecule has 110 valence electrons. The predicted molar refractivity (Wildman–Crippen MR) is 75.9 cm³/mol. The molecule has 4 heteroatoms. The largest absolute Gasteiger partial charge is 0.394 e. The van der Waals surface area contributed by atoms with Gasteiger partial charge in [-0.15, -0.1) is 0 Å². The van der Waals surface area contributed by atoms with Crippen molar-refractivity contribution in [2.75, 3.05) is 19.7 Å². The quantitative estimate of drug-likeness (QED) is 0.815. The summed E-state index contributed by atoms with van der Waals surface area (Å²) in [6, 6.07) is 0.0335. The molecule has 2 atom stereocenters. The highest BCUT2D eigenvalue weighted by atomic mass is 16.3. The van der Waals surface area contributed by atoms with Crippen molar-refractivity contribution in [3.05, 3.63) is 0 Å². The number of carbonyl (C=O) groups excluding carboxylic acids is 1. The molecule has 2 heterocycles. The molecule has 2 saturated heterocycles. The number of likely N-dealkylation sites (tertiary alicyclic amines) is 1. The lowest BCUT2D eigenvalue weighted by atomic mass is 9.89. The minimum absolute atomic E-state index is 0.0335. The second kappa shape index (κ2) is 6.71. The lowest BCUT2D eigenvalue weighted by Gasteiger charge is -2.37. The molecule has 2 rings (SSSR count). The second-order valence-corrected chi connectivity index (χ2v) is 6.05. The number of aliphatic hydroxyl groups is 1. The fourth-order valence-electron chi connectivity index (χ4n) is 3.65. The Morgan fingerprint density at radius 3 is 2.84 bits per heavy atom. The smallest absolute Gasteiger partial charge is 0.243 e. The van der Waals surface area contributed by atoms with Crippen molar-refractivity contribution in [3.63, 3.8) is 0 Å². The second-order valence-electron chi connectivity index (χ2n) is 6.05. The third-order valence-corrected chi connectivity index (χ3v) is 4.68. The standard InChI is InChI=1S/C15H28N2O2/c1-2-8-15(9-6-10-16-15)14(19)17-11-5-3-4-7-13(17)12-18/h13,16,18H,2-12H2,1H3. The van der Waals surface area contributed by atoms with E-state index in [4.69, 9.17) is 0 Å². The van der Waals surface area contributed by atoms with Crippen LogP contribution in [-0.4, -0.2) is 47.2 Å². The minimum atomic E-state index is -0.341. The summed E-state index contributed by atoms with van der Waals surface area (Å²) in [6.45, 7) is 4.01. The molecular weight excluding hydrogens is 240 g/mol. The van der Waals surface area contributed by atoms with Crippen LogP contribution >= 0.6 is 0 Å². The van der Waals surface area contributed by atoms with Crippen molar-refractivity contribution in [1.82, 2.24) is 10.2 Å². The van der Waals surface area contributed by atoms with E-state index in [1.807, 2.05) is 4.90 Å². The first kappa shape index (κ1) is 14.8. The summed E-state index contributed by atoms with van der Waals surface area (Å²) in [5.41, 5.74) is -0.341. The van der Waals surface area contributed by atoms with Gasteiger partial charge in [-0.1, -0.05) is 26.2 Å². The van der Waals surface area contributed by atoms with Gasteiger partial charge in [0.2, 0.25) is 5.91 Å². The zero-order valence-electron chi connectivity index (χ0n) is 12.2. The molecule has 1 amide bonds. The normalized spacial score (nSPS) is 32.3. The summed E-state index contributed by atoms with van der Waals surface area (Å²) >= 11 is 0. The average molecular weight is 268 g/mol. The number of hydrogen-bond acceptors (Lipinski definition) is 3. The van der Waals surface area contributed by atoms with Gasteiger partial charge in [0.15, 0.2) is 0 Å². The lowest BCUT2D eigenvalue weighted by Crippen LogP contribution is -2.58. The van der Waals surface area contributed by atoms with Crippen LogP contribution in [0.1, 0.15) is 58.3 Å². The van der Waals surface area contributed by atoms with E-state index in [-0.39, 0.29) is 24.1 Å². The third kappa shape index (κ3) is 3.11. The van der Waals surface area contributed by atoms with E-state index >= 15 is 0 Å². The zero-order chi connectivity index (χ0) is 13.7. The van der Waals surface area contributed by atoms with Gasteiger partial charge >= 0.3 is 0 Å². The maximum Gasteiger partial charge on any atom is 0.243 e. The van der Waals surface area contributed by atoms with Crippen LogP contribution in [0.2, 0.25) is 0 Å². The molecule has 0 aromatic heterocycles. The van der Waals surface area contributed by atoms with Crippen LogP contribution in [0.4, 0.5) is 0 Å².